The average Bonchev–Trinajstić information content (AvgIpc) is 2.83. The van der Waals surface area contributed by atoms with Gasteiger partial charge in [0.1, 0.15) is 17.7 Å². The molecule has 32 heavy (non-hydrogen) atoms. The highest BCUT2D eigenvalue weighted by atomic mass is 19.1. The van der Waals surface area contributed by atoms with Crippen molar-refractivity contribution >= 4 is 5.96 Å². The smallest absolute Gasteiger partial charge is 0.191 e. The second-order valence-corrected chi connectivity index (χ2v) is 7.85. The lowest BCUT2D eigenvalue weighted by molar-refractivity contribution is -0.0390. The fourth-order valence-electron chi connectivity index (χ4n) is 3.43. The van der Waals surface area contributed by atoms with Gasteiger partial charge in [-0.2, -0.15) is 0 Å². The van der Waals surface area contributed by atoms with E-state index >= 15 is 0 Å². The van der Waals surface area contributed by atoms with Crippen molar-refractivity contribution in [2.45, 2.75) is 51.5 Å². The van der Waals surface area contributed by atoms with Crippen LogP contribution in [0.3, 0.4) is 0 Å². The number of rotatable bonds is 10. The quantitative estimate of drug-likeness (QED) is 0.429. The van der Waals surface area contributed by atoms with Gasteiger partial charge in [0.25, 0.3) is 0 Å². The van der Waals surface area contributed by atoms with Gasteiger partial charge >= 0.3 is 0 Å². The first-order chi connectivity index (χ1) is 15.7. The number of nitrogens with one attached hydrogen (secondary N) is 2. The number of hydrogen-bond donors (Lipinski definition) is 2. The summed E-state index contributed by atoms with van der Waals surface area (Å²) in [4.78, 5) is 4.28. The van der Waals surface area contributed by atoms with Crippen molar-refractivity contribution < 1.29 is 18.6 Å². The Bertz CT molecular complexity index is 839. The summed E-state index contributed by atoms with van der Waals surface area (Å²) in [5, 5.41) is 6.60. The van der Waals surface area contributed by atoms with Gasteiger partial charge in [0, 0.05) is 32.9 Å². The number of benzene rings is 2. The number of aliphatic imine (C=N–C) groups is 1. The lowest BCUT2D eigenvalue weighted by atomic mass is 10.1. The fraction of sp³-hybridized carbons (Fsp3) is 0.480. The molecule has 0 spiro atoms. The molecule has 0 aliphatic carbocycles. The zero-order valence-corrected chi connectivity index (χ0v) is 19.0. The third-order valence-corrected chi connectivity index (χ3v) is 5.41. The Morgan fingerprint density at radius 1 is 1.12 bits per heavy atom. The Kier molecular flexibility index (Phi) is 9.78. The lowest BCUT2D eigenvalue weighted by Crippen LogP contribution is -2.42. The summed E-state index contributed by atoms with van der Waals surface area (Å²) >= 11 is 0. The van der Waals surface area contributed by atoms with Gasteiger partial charge in [-0.3, -0.25) is 4.99 Å². The summed E-state index contributed by atoms with van der Waals surface area (Å²) in [5.41, 5.74) is 2.33. The van der Waals surface area contributed by atoms with Crippen LogP contribution < -0.4 is 15.4 Å². The van der Waals surface area contributed by atoms with Crippen molar-refractivity contribution in [3.8, 4) is 5.75 Å². The van der Waals surface area contributed by atoms with E-state index in [1.165, 1.54) is 17.7 Å². The number of ether oxygens (including phenoxy) is 3. The van der Waals surface area contributed by atoms with Crippen LogP contribution in [0.5, 0.6) is 5.75 Å². The molecule has 0 amide bonds. The van der Waals surface area contributed by atoms with Crippen LogP contribution in [0.15, 0.2) is 53.5 Å². The highest BCUT2D eigenvalue weighted by Gasteiger charge is 2.14. The van der Waals surface area contributed by atoms with Crippen LogP contribution in [0.1, 0.15) is 37.3 Å². The Morgan fingerprint density at radius 3 is 2.56 bits per heavy atom. The fourth-order valence-corrected chi connectivity index (χ4v) is 3.43. The highest BCUT2D eigenvalue weighted by molar-refractivity contribution is 5.79. The van der Waals surface area contributed by atoms with E-state index in [0.717, 1.165) is 38.0 Å². The summed E-state index contributed by atoms with van der Waals surface area (Å²) < 4.78 is 30.6. The molecule has 7 heteroatoms. The van der Waals surface area contributed by atoms with Gasteiger partial charge < -0.3 is 24.8 Å². The van der Waals surface area contributed by atoms with Crippen molar-refractivity contribution in [1.29, 1.82) is 0 Å². The molecule has 2 N–H and O–H groups in total. The predicted octanol–water partition coefficient (Wildman–Crippen LogP) is 4.04. The van der Waals surface area contributed by atoms with Crippen molar-refractivity contribution in [3.05, 3.63) is 65.5 Å². The van der Waals surface area contributed by atoms with E-state index < -0.39 is 0 Å². The normalized spacial score (nSPS) is 15.9. The number of guanidine groups is 1. The first-order valence-corrected chi connectivity index (χ1v) is 11.3. The molecule has 0 radical (unpaired) electrons. The molecule has 1 fully saturated rings. The molecule has 1 unspecified atom stereocenters. The molecule has 1 saturated heterocycles. The van der Waals surface area contributed by atoms with Crippen LogP contribution in [0, 0.1) is 5.82 Å². The summed E-state index contributed by atoms with van der Waals surface area (Å²) in [6.45, 7) is 5.47. The van der Waals surface area contributed by atoms with Crippen LogP contribution >= 0.6 is 0 Å². The average molecular weight is 444 g/mol. The van der Waals surface area contributed by atoms with Gasteiger partial charge in [-0.15, -0.1) is 0 Å². The van der Waals surface area contributed by atoms with E-state index in [0.29, 0.717) is 37.5 Å². The summed E-state index contributed by atoms with van der Waals surface area (Å²) in [5.74, 6) is 0.921. The second kappa shape index (κ2) is 13.0. The van der Waals surface area contributed by atoms with Gasteiger partial charge in [0.2, 0.25) is 0 Å². The van der Waals surface area contributed by atoms with Crippen LogP contribution in [-0.4, -0.2) is 45.0 Å². The van der Waals surface area contributed by atoms with Gasteiger partial charge in [-0.1, -0.05) is 37.3 Å². The predicted molar refractivity (Wildman–Crippen MR) is 124 cm³/mol. The van der Waals surface area contributed by atoms with Crippen molar-refractivity contribution in [3.63, 3.8) is 0 Å². The summed E-state index contributed by atoms with van der Waals surface area (Å²) in [7, 11) is 1.74. The maximum Gasteiger partial charge on any atom is 0.191 e. The second-order valence-electron chi connectivity index (χ2n) is 7.85. The van der Waals surface area contributed by atoms with Gasteiger partial charge in [0.15, 0.2) is 5.96 Å². The molecule has 174 valence electrons. The van der Waals surface area contributed by atoms with Crippen LogP contribution in [0.4, 0.5) is 4.39 Å². The van der Waals surface area contributed by atoms with Gasteiger partial charge in [-0.05, 0) is 42.5 Å². The topological polar surface area (TPSA) is 64.1 Å². The Hall–Kier alpha value is -2.64. The molecular formula is C25H34FN3O3. The molecule has 1 aliphatic heterocycles. The molecule has 1 aliphatic rings. The van der Waals surface area contributed by atoms with E-state index in [1.54, 1.807) is 19.2 Å². The zero-order chi connectivity index (χ0) is 22.6. The Balaban J connectivity index is 1.40. The number of halogens is 1. The minimum absolute atomic E-state index is 0.0923. The lowest BCUT2D eigenvalue weighted by Gasteiger charge is -2.22. The minimum Gasteiger partial charge on any atom is -0.489 e. The standard InChI is InChI=1S/C25H34FN3O3/c1-3-22(32-24-6-4-5-21(26)15-24)17-29-25(27-2)28-16-19-7-9-20(10-8-19)18-31-23-11-13-30-14-12-23/h4-10,15,22-23H,3,11-14,16-18H2,1-2H3,(H2,27,28,29). The van der Waals surface area contributed by atoms with E-state index in [1.807, 2.05) is 6.92 Å². The first kappa shape index (κ1) is 24.0. The van der Waals surface area contributed by atoms with Gasteiger partial charge in [0.05, 0.1) is 19.3 Å². The Labute approximate surface area is 190 Å². The molecule has 2 aromatic carbocycles. The maximum atomic E-state index is 13.4. The van der Waals surface area contributed by atoms with Crippen LogP contribution in [0.25, 0.3) is 0 Å². The SMILES string of the molecule is CCC(CNC(=NC)NCc1ccc(COC2CCOCC2)cc1)Oc1cccc(F)c1. The van der Waals surface area contributed by atoms with E-state index in [4.69, 9.17) is 14.2 Å². The first-order valence-electron chi connectivity index (χ1n) is 11.3. The van der Waals surface area contributed by atoms with Crippen molar-refractivity contribution in [2.75, 3.05) is 26.8 Å². The van der Waals surface area contributed by atoms with Crippen molar-refractivity contribution in [2.24, 2.45) is 4.99 Å². The molecule has 1 heterocycles. The molecule has 0 saturated carbocycles. The number of hydrogen-bond acceptors (Lipinski definition) is 4. The monoisotopic (exact) mass is 443 g/mol. The third-order valence-electron chi connectivity index (χ3n) is 5.41. The molecule has 0 aromatic heterocycles. The van der Waals surface area contributed by atoms with E-state index in [-0.39, 0.29) is 11.9 Å². The Morgan fingerprint density at radius 2 is 1.88 bits per heavy atom. The summed E-state index contributed by atoms with van der Waals surface area (Å²) in [6, 6.07) is 14.6. The van der Waals surface area contributed by atoms with Crippen molar-refractivity contribution in [1.82, 2.24) is 10.6 Å². The van der Waals surface area contributed by atoms with E-state index in [9.17, 15) is 4.39 Å². The highest BCUT2D eigenvalue weighted by Crippen LogP contribution is 2.15. The molecule has 6 nitrogen and oxygen atoms in total. The van der Waals surface area contributed by atoms with Crippen LogP contribution in [-0.2, 0) is 22.6 Å². The maximum absolute atomic E-state index is 13.4. The van der Waals surface area contributed by atoms with E-state index in [2.05, 4.69) is 39.9 Å². The third kappa shape index (κ3) is 8.13. The number of nitrogens with zero attached hydrogens (tertiary/aromatic N) is 1. The van der Waals surface area contributed by atoms with Crippen LogP contribution in [0.2, 0.25) is 0 Å². The molecule has 3 rings (SSSR count). The molecular weight excluding hydrogens is 409 g/mol. The largest absolute Gasteiger partial charge is 0.489 e. The minimum atomic E-state index is -0.302. The molecule has 1 atom stereocenters. The zero-order valence-electron chi connectivity index (χ0n) is 19.0. The molecule has 0 bridgehead atoms. The summed E-state index contributed by atoms with van der Waals surface area (Å²) in [6.07, 6.45) is 2.94. The molecule has 2 aromatic rings. The van der Waals surface area contributed by atoms with Gasteiger partial charge in [-0.25, -0.2) is 4.39 Å².